The minimum atomic E-state index is -0.269. The zero-order valence-corrected chi connectivity index (χ0v) is 15.2. The molecule has 1 aromatic heterocycles. The normalized spacial score (nSPS) is 10.4. The molecule has 0 atom stereocenters. The van der Waals surface area contributed by atoms with Crippen molar-refractivity contribution in [1.82, 2.24) is 9.97 Å². The molecule has 2 N–H and O–H groups in total. The Morgan fingerprint density at radius 1 is 0.923 bits per heavy atom. The van der Waals surface area contributed by atoms with Crippen molar-refractivity contribution in [2.45, 2.75) is 27.3 Å². The monoisotopic (exact) mass is 346 g/mol. The van der Waals surface area contributed by atoms with Crippen molar-refractivity contribution in [1.29, 1.82) is 0 Å². The minimum absolute atomic E-state index is 0.269. The Bertz CT molecular complexity index is 902. The molecule has 2 aromatic carbocycles. The number of carbonyl (C=O) groups excluding carboxylic acids is 1. The molecule has 5 heteroatoms. The second-order valence-electron chi connectivity index (χ2n) is 6.40. The number of aromatic nitrogens is 2. The molecule has 0 aliphatic carbocycles. The maximum Gasteiger partial charge on any atom is 0.275 e. The number of nitrogens with zero attached hydrogens (tertiary/aromatic N) is 2. The van der Waals surface area contributed by atoms with E-state index >= 15 is 0 Å². The lowest BCUT2D eigenvalue weighted by atomic mass is 10.1. The van der Waals surface area contributed by atoms with Gasteiger partial charge < -0.3 is 10.6 Å². The maximum absolute atomic E-state index is 12.3. The summed E-state index contributed by atoms with van der Waals surface area (Å²) in [6.07, 6.45) is 3.06. The van der Waals surface area contributed by atoms with Gasteiger partial charge in [0.2, 0.25) is 0 Å². The Morgan fingerprint density at radius 2 is 1.65 bits per heavy atom. The highest BCUT2D eigenvalue weighted by molar-refractivity contribution is 6.03. The maximum atomic E-state index is 12.3. The van der Waals surface area contributed by atoms with Gasteiger partial charge in [0, 0.05) is 12.2 Å². The fourth-order valence-corrected chi connectivity index (χ4v) is 2.58. The van der Waals surface area contributed by atoms with Gasteiger partial charge >= 0.3 is 0 Å². The van der Waals surface area contributed by atoms with Crippen LogP contribution >= 0.6 is 0 Å². The topological polar surface area (TPSA) is 66.9 Å². The first kappa shape index (κ1) is 17.6. The molecule has 5 nitrogen and oxygen atoms in total. The SMILES string of the molecule is Cc1ccc(CNc2cnc(C(=O)Nc3ccc(C)cc3C)cn2)cc1. The Hall–Kier alpha value is -3.21. The molecule has 0 radical (unpaired) electrons. The average molecular weight is 346 g/mol. The van der Waals surface area contributed by atoms with Gasteiger partial charge in [0.05, 0.1) is 12.4 Å². The molecular weight excluding hydrogens is 324 g/mol. The molecule has 1 amide bonds. The van der Waals surface area contributed by atoms with Crippen molar-refractivity contribution in [3.63, 3.8) is 0 Å². The van der Waals surface area contributed by atoms with Gasteiger partial charge in [-0.25, -0.2) is 9.97 Å². The number of benzene rings is 2. The summed E-state index contributed by atoms with van der Waals surface area (Å²) in [5.74, 6) is 0.364. The molecule has 0 spiro atoms. The van der Waals surface area contributed by atoms with Gasteiger partial charge in [0.15, 0.2) is 0 Å². The van der Waals surface area contributed by atoms with Crippen LogP contribution in [0.2, 0.25) is 0 Å². The highest BCUT2D eigenvalue weighted by Gasteiger charge is 2.10. The molecule has 0 saturated heterocycles. The van der Waals surface area contributed by atoms with Crippen LogP contribution in [-0.4, -0.2) is 15.9 Å². The van der Waals surface area contributed by atoms with Crippen molar-refractivity contribution in [2.75, 3.05) is 10.6 Å². The number of anilines is 2. The lowest BCUT2D eigenvalue weighted by Gasteiger charge is -2.09. The largest absolute Gasteiger partial charge is 0.365 e. The van der Waals surface area contributed by atoms with Crippen LogP contribution in [-0.2, 0) is 6.54 Å². The number of amides is 1. The summed E-state index contributed by atoms with van der Waals surface area (Å²) in [6.45, 7) is 6.70. The van der Waals surface area contributed by atoms with Gasteiger partial charge in [-0.1, -0.05) is 47.5 Å². The Balaban J connectivity index is 1.61. The van der Waals surface area contributed by atoms with Crippen molar-refractivity contribution >= 4 is 17.4 Å². The van der Waals surface area contributed by atoms with Gasteiger partial charge in [-0.3, -0.25) is 4.79 Å². The van der Waals surface area contributed by atoms with Crippen LogP contribution in [0.1, 0.15) is 32.7 Å². The van der Waals surface area contributed by atoms with Gasteiger partial charge in [-0.2, -0.15) is 0 Å². The molecule has 132 valence electrons. The van der Waals surface area contributed by atoms with E-state index in [9.17, 15) is 4.79 Å². The lowest BCUT2D eigenvalue weighted by Crippen LogP contribution is -2.15. The Morgan fingerprint density at radius 3 is 2.31 bits per heavy atom. The minimum Gasteiger partial charge on any atom is -0.365 e. The summed E-state index contributed by atoms with van der Waals surface area (Å²) < 4.78 is 0. The van der Waals surface area contributed by atoms with Crippen LogP contribution in [0.15, 0.2) is 54.9 Å². The van der Waals surface area contributed by atoms with Gasteiger partial charge in [-0.15, -0.1) is 0 Å². The third kappa shape index (κ3) is 4.45. The highest BCUT2D eigenvalue weighted by atomic mass is 16.1. The van der Waals surface area contributed by atoms with Gasteiger partial charge in [0.25, 0.3) is 5.91 Å². The van der Waals surface area contributed by atoms with Crippen LogP contribution in [0.25, 0.3) is 0 Å². The Labute approximate surface area is 153 Å². The van der Waals surface area contributed by atoms with Gasteiger partial charge in [0.1, 0.15) is 11.5 Å². The summed E-state index contributed by atoms with van der Waals surface area (Å²) in [7, 11) is 0. The number of hydrogen-bond acceptors (Lipinski definition) is 4. The summed E-state index contributed by atoms with van der Waals surface area (Å²) in [5, 5.41) is 6.08. The van der Waals surface area contributed by atoms with Crippen LogP contribution in [0.5, 0.6) is 0 Å². The van der Waals surface area contributed by atoms with E-state index in [2.05, 4.69) is 51.8 Å². The first-order valence-electron chi connectivity index (χ1n) is 8.51. The number of carbonyl (C=O) groups is 1. The van der Waals surface area contributed by atoms with Crippen LogP contribution in [0.3, 0.4) is 0 Å². The van der Waals surface area contributed by atoms with Gasteiger partial charge in [-0.05, 0) is 38.0 Å². The third-order valence-electron chi connectivity index (χ3n) is 4.11. The molecule has 0 unspecified atom stereocenters. The smallest absolute Gasteiger partial charge is 0.275 e. The molecule has 0 aliphatic heterocycles. The van der Waals surface area contributed by atoms with E-state index in [-0.39, 0.29) is 11.6 Å². The van der Waals surface area contributed by atoms with Crippen molar-refractivity contribution < 1.29 is 4.79 Å². The first-order chi connectivity index (χ1) is 12.5. The van der Waals surface area contributed by atoms with E-state index < -0.39 is 0 Å². The number of rotatable bonds is 5. The molecule has 26 heavy (non-hydrogen) atoms. The first-order valence-corrected chi connectivity index (χ1v) is 8.51. The predicted molar refractivity (Wildman–Crippen MR) is 104 cm³/mol. The molecule has 1 heterocycles. The molecule has 0 fully saturated rings. The summed E-state index contributed by atoms with van der Waals surface area (Å²) in [4.78, 5) is 20.8. The summed E-state index contributed by atoms with van der Waals surface area (Å²) in [6, 6.07) is 14.2. The van der Waals surface area contributed by atoms with E-state index in [1.54, 1.807) is 6.20 Å². The van der Waals surface area contributed by atoms with Crippen LogP contribution < -0.4 is 10.6 Å². The van der Waals surface area contributed by atoms with E-state index in [0.29, 0.717) is 12.4 Å². The Kier molecular flexibility index (Phi) is 5.27. The predicted octanol–water partition coefficient (Wildman–Crippen LogP) is 4.27. The second-order valence-corrected chi connectivity index (χ2v) is 6.40. The molecule has 3 aromatic rings. The molecule has 3 rings (SSSR count). The van der Waals surface area contributed by atoms with Crippen molar-refractivity contribution in [3.8, 4) is 0 Å². The van der Waals surface area contributed by atoms with E-state index in [4.69, 9.17) is 0 Å². The molecule has 0 bridgehead atoms. The standard InChI is InChI=1S/C21H22N4O/c1-14-4-7-17(8-5-14)11-23-20-13-22-19(12-24-20)21(26)25-18-9-6-15(2)10-16(18)3/h4-10,12-13H,11H2,1-3H3,(H,23,24)(H,25,26). The lowest BCUT2D eigenvalue weighted by molar-refractivity contribution is 0.102. The van der Waals surface area contributed by atoms with Crippen molar-refractivity contribution in [3.05, 3.63) is 82.8 Å². The van der Waals surface area contributed by atoms with Crippen LogP contribution in [0.4, 0.5) is 11.5 Å². The van der Waals surface area contributed by atoms with Crippen LogP contribution in [0, 0.1) is 20.8 Å². The number of nitrogens with one attached hydrogen (secondary N) is 2. The number of hydrogen-bond donors (Lipinski definition) is 2. The quantitative estimate of drug-likeness (QED) is 0.724. The summed E-state index contributed by atoms with van der Waals surface area (Å²) in [5.41, 5.74) is 5.63. The van der Waals surface area contributed by atoms with E-state index in [1.165, 1.54) is 11.8 Å². The van der Waals surface area contributed by atoms with E-state index in [0.717, 1.165) is 22.4 Å². The molecule has 0 saturated carbocycles. The average Bonchev–Trinajstić information content (AvgIpc) is 2.64. The zero-order valence-electron chi connectivity index (χ0n) is 15.2. The summed E-state index contributed by atoms with van der Waals surface area (Å²) >= 11 is 0. The highest BCUT2D eigenvalue weighted by Crippen LogP contribution is 2.17. The zero-order chi connectivity index (χ0) is 18.5. The van der Waals surface area contributed by atoms with E-state index in [1.807, 2.05) is 32.0 Å². The molecular formula is C21H22N4O. The van der Waals surface area contributed by atoms with Crippen molar-refractivity contribution in [2.24, 2.45) is 0 Å². The second kappa shape index (κ2) is 7.78. The third-order valence-corrected chi connectivity index (χ3v) is 4.11. The molecule has 0 aliphatic rings. The fourth-order valence-electron chi connectivity index (χ4n) is 2.58. The fraction of sp³-hybridized carbons (Fsp3) is 0.190. The number of aryl methyl sites for hydroxylation is 3.